The molecule has 1 N–H and O–H groups in total. The highest BCUT2D eigenvalue weighted by atomic mass is 16.5. The number of nitrogens with one attached hydrogen (secondary N) is 1. The van der Waals surface area contributed by atoms with Crippen LogP contribution in [-0.4, -0.2) is 45.7 Å². The number of methoxy groups -OCH3 is 1. The number of amides is 1. The van der Waals surface area contributed by atoms with Gasteiger partial charge >= 0.3 is 0 Å². The quantitative estimate of drug-likeness (QED) is 0.846. The van der Waals surface area contributed by atoms with Gasteiger partial charge in [-0.25, -0.2) is 0 Å². The minimum absolute atomic E-state index is 0.00425. The summed E-state index contributed by atoms with van der Waals surface area (Å²) in [5, 5.41) is 3.16. The number of carbonyl (C=O) groups is 1. The highest BCUT2D eigenvalue weighted by molar-refractivity contribution is 5.77. The standard InChI is InChI=1S/C14H22N2O3/c1-10(15-2)11-6-7-12(13(8-11)18-5)19-9-14(17)16(3)4/h6-8,10,15H,9H2,1-5H3. The van der Waals surface area contributed by atoms with Gasteiger partial charge in [-0.05, 0) is 31.7 Å². The zero-order valence-electron chi connectivity index (χ0n) is 12.2. The van der Waals surface area contributed by atoms with E-state index in [4.69, 9.17) is 9.47 Å². The van der Waals surface area contributed by atoms with E-state index in [0.29, 0.717) is 11.5 Å². The molecule has 0 aromatic heterocycles. The van der Waals surface area contributed by atoms with Crippen LogP contribution in [0.15, 0.2) is 18.2 Å². The lowest BCUT2D eigenvalue weighted by Crippen LogP contribution is -2.27. The number of hydrogen-bond acceptors (Lipinski definition) is 4. The van der Waals surface area contributed by atoms with Gasteiger partial charge in [0.1, 0.15) is 0 Å². The fourth-order valence-electron chi connectivity index (χ4n) is 1.51. The van der Waals surface area contributed by atoms with Crippen LogP contribution in [0.4, 0.5) is 0 Å². The van der Waals surface area contributed by atoms with Crippen LogP contribution in [0.2, 0.25) is 0 Å². The molecule has 0 heterocycles. The van der Waals surface area contributed by atoms with Gasteiger partial charge in [0.25, 0.3) is 5.91 Å². The maximum atomic E-state index is 11.5. The molecule has 0 saturated heterocycles. The summed E-state index contributed by atoms with van der Waals surface area (Å²) in [4.78, 5) is 13.0. The van der Waals surface area contributed by atoms with Crippen molar-refractivity contribution in [2.24, 2.45) is 0 Å². The van der Waals surface area contributed by atoms with Crippen LogP contribution in [0, 0.1) is 0 Å². The molecule has 0 saturated carbocycles. The number of hydrogen-bond donors (Lipinski definition) is 1. The Balaban J connectivity index is 2.81. The Bertz CT molecular complexity index is 433. The predicted molar refractivity (Wildman–Crippen MR) is 74.7 cm³/mol. The second-order valence-corrected chi connectivity index (χ2v) is 4.50. The van der Waals surface area contributed by atoms with Gasteiger partial charge in [0.2, 0.25) is 0 Å². The summed E-state index contributed by atoms with van der Waals surface area (Å²) in [6.45, 7) is 2.06. The van der Waals surface area contributed by atoms with E-state index in [1.807, 2.05) is 25.2 Å². The van der Waals surface area contributed by atoms with Crippen LogP contribution in [0.5, 0.6) is 11.5 Å². The Morgan fingerprint density at radius 1 is 1.37 bits per heavy atom. The molecule has 1 aromatic carbocycles. The molecule has 19 heavy (non-hydrogen) atoms. The molecular weight excluding hydrogens is 244 g/mol. The molecule has 1 amide bonds. The van der Waals surface area contributed by atoms with Crippen molar-refractivity contribution in [2.45, 2.75) is 13.0 Å². The minimum atomic E-state index is -0.0882. The zero-order valence-corrected chi connectivity index (χ0v) is 12.2. The summed E-state index contributed by atoms with van der Waals surface area (Å²) in [5.74, 6) is 1.12. The largest absolute Gasteiger partial charge is 0.493 e. The van der Waals surface area contributed by atoms with Crippen LogP contribution in [0.1, 0.15) is 18.5 Å². The van der Waals surface area contributed by atoms with Gasteiger partial charge < -0.3 is 19.7 Å². The molecule has 0 aliphatic carbocycles. The first-order chi connectivity index (χ1) is 8.99. The average molecular weight is 266 g/mol. The van der Waals surface area contributed by atoms with Crippen molar-refractivity contribution in [1.29, 1.82) is 0 Å². The number of nitrogens with zero attached hydrogens (tertiary/aromatic N) is 1. The molecule has 5 heteroatoms. The molecule has 106 valence electrons. The van der Waals surface area contributed by atoms with E-state index in [2.05, 4.69) is 12.2 Å². The summed E-state index contributed by atoms with van der Waals surface area (Å²) in [6.07, 6.45) is 0. The number of likely N-dealkylation sites (N-methyl/N-ethyl adjacent to an activating group) is 1. The Hall–Kier alpha value is -1.75. The summed E-state index contributed by atoms with van der Waals surface area (Å²) < 4.78 is 10.8. The van der Waals surface area contributed by atoms with Crippen molar-refractivity contribution in [3.63, 3.8) is 0 Å². The second-order valence-electron chi connectivity index (χ2n) is 4.50. The number of rotatable bonds is 6. The summed E-state index contributed by atoms with van der Waals surface area (Å²) in [5.41, 5.74) is 1.10. The molecule has 0 radical (unpaired) electrons. The van der Waals surface area contributed by atoms with Crippen molar-refractivity contribution >= 4 is 5.91 Å². The van der Waals surface area contributed by atoms with E-state index >= 15 is 0 Å². The Morgan fingerprint density at radius 3 is 2.58 bits per heavy atom. The highest BCUT2D eigenvalue weighted by Crippen LogP contribution is 2.30. The lowest BCUT2D eigenvalue weighted by Gasteiger charge is -2.16. The van der Waals surface area contributed by atoms with Gasteiger partial charge in [0.15, 0.2) is 18.1 Å². The van der Waals surface area contributed by atoms with Crippen molar-refractivity contribution < 1.29 is 14.3 Å². The van der Waals surface area contributed by atoms with E-state index in [9.17, 15) is 4.79 Å². The lowest BCUT2D eigenvalue weighted by molar-refractivity contribution is -0.130. The third kappa shape index (κ3) is 4.13. The van der Waals surface area contributed by atoms with Crippen LogP contribution < -0.4 is 14.8 Å². The SMILES string of the molecule is CNC(C)c1ccc(OCC(=O)N(C)C)c(OC)c1. The second kappa shape index (κ2) is 6.99. The van der Waals surface area contributed by atoms with Gasteiger partial charge in [-0.3, -0.25) is 4.79 Å². The highest BCUT2D eigenvalue weighted by Gasteiger charge is 2.11. The summed E-state index contributed by atoms with van der Waals surface area (Å²) in [7, 11) is 6.88. The van der Waals surface area contributed by atoms with E-state index in [1.165, 1.54) is 4.90 Å². The zero-order chi connectivity index (χ0) is 14.4. The fraction of sp³-hybridized carbons (Fsp3) is 0.500. The number of benzene rings is 1. The van der Waals surface area contributed by atoms with Crippen LogP contribution in [0.3, 0.4) is 0 Å². The molecule has 0 spiro atoms. The molecular formula is C14H22N2O3. The molecule has 0 aliphatic heterocycles. The van der Waals surface area contributed by atoms with Crippen LogP contribution in [0.25, 0.3) is 0 Å². The van der Waals surface area contributed by atoms with Gasteiger partial charge in [-0.2, -0.15) is 0 Å². The number of carbonyl (C=O) groups excluding carboxylic acids is 1. The van der Waals surface area contributed by atoms with Crippen LogP contribution in [-0.2, 0) is 4.79 Å². The fourth-order valence-corrected chi connectivity index (χ4v) is 1.51. The van der Waals surface area contributed by atoms with Crippen molar-refractivity contribution in [3.8, 4) is 11.5 Å². The first-order valence-electron chi connectivity index (χ1n) is 6.17. The Morgan fingerprint density at radius 2 is 2.05 bits per heavy atom. The van der Waals surface area contributed by atoms with Crippen LogP contribution >= 0.6 is 0 Å². The topological polar surface area (TPSA) is 50.8 Å². The van der Waals surface area contributed by atoms with Crippen molar-refractivity contribution in [3.05, 3.63) is 23.8 Å². The Labute approximate surface area is 114 Å². The molecule has 1 aromatic rings. The average Bonchev–Trinajstić information content (AvgIpc) is 2.43. The molecule has 1 rings (SSSR count). The molecule has 1 unspecified atom stereocenters. The number of ether oxygens (including phenoxy) is 2. The van der Waals surface area contributed by atoms with Gasteiger partial charge in [-0.1, -0.05) is 6.07 Å². The monoisotopic (exact) mass is 266 g/mol. The summed E-state index contributed by atoms with van der Waals surface area (Å²) >= 11 is 0. The van der Waals surface area contributed by atoms with Crippen molar-refractivity contribution in [2.75, 3.05) is 34.9 Å². The first kappa shape index (κ1) is 15.3. The maximum absolute atomic E-state index is 11.5. The maximum Gasteiger partial charge on any atom is 0.259 e. The minimum Gasteiger partial charge on any atom is -0.493 e. The smallest absolute Gasteiger partial charge is 0.259 e. The van der Waals surface area contributed by atoms with E-state index in [1.54, 1.807) is 21.2 Å². The van der Waals surface area contributed by atoms with Crippen molar-refractivity contribution in [1.82, 2.24) is 10.2 Å². The molecule has 0 fully saturated rings. The third-order valence-corrected chi connectivity index (χ3v) is 2.97. The molecule has 5 nitrogen and oxygen atoms in total. The summed E-state index contributed by atoms with van der Waals surface area (Å²) in [6, 6.07) is 5.92. The normalized spacial score (nSPS) is 11.8. The first-order valence-corrected chi connectivity index (χ1v) is 6.17. The molecule has 1 atom stereocenters. The lowest BCUT2D eigenvalue weighted by atomic mass is 10.1. The third-order valence-electron chi connectivity index (χ3n) is 2.97. The molecule has 0 aliphatic rings. The van der Waals surface area contributed by atoms with Gasteiger partial charge in [-0.15, -0.1) is 0 Å². The van der Waals surface area contributed by atoms with Gasteiger partial charge in [0.05, 0.1) is 7.11 Å². The molecule has 0 bridgehead atoms. The van der Waals surface area contributed by atoms with E-state index < -0.39 is 0 Å². The Kier molecular flexibility index (Phi) is 5.63. The van der Waals surface area contributed by atoms with Gasteiger partial charge in [0, 0.05) is 20.1 Å². The van der Waals surface area contributed by atoms with E-state index in [0.717, 1.165) is 5.56 Å². The van der Waals surface area contributed by atoms with E-state index in [-0.39, 0.29) is 18.6 Å². The predicted octanol–water partition coefficient (Wildman–Crippen LogP) is 1.44.